The molecule has 0 saturated carbocycles. The molecule has 2 amide bonds. The van der Waals surface area contributed by atoms with Gasteiger partial charge in [-0.1, -0.05) is 6.92 Å². The smallest absolute Gasteiger partial charge is 0.227 e. The molecule has 17 heavy (non-hydrogen) atoms. The fourth-order valence-corrected chi connectivity index (χ4v) is 1.98. The predicted molar refractivity (Wildman–Crippen MR) is 66.2 cm³/mol. The summed E-state index contributed by atoms with van der Waals surface area (Å²) in [6, 6.07) is 0. The maximum Gasteiger partial charge on any atom is 0.227 e. The van der Waals surface area contributed by atoms with E-state index in [2.05, 4.69) is 10.6 Å². The molecule has 5 heteroatoms. The van der Waals surface area contributed by atoms with Crippen LogP contribution in [0.25, 0.3) is 0 Å². The Kier molecular flexibility index (Phi) is 4.14. The van der Waals surface area contributed by atoms with Gasteiger partial charge in [-0.3, -0.25) is 9.59 Å². The van der Waals surface area contributed by atoms with Crippen LogP contribution < -0.4 is 16.4 Å². The number of hydrogen-bond acceptors (Lipinski definition) is 3. The normalized spacial score (nSPS) is 24.6. The second-order valence-electron chi connectivity index (χ2n) is 5.49. The molecule has 1 fully saturated rings. The Morgan fingerprint density at radius 1 is 1.47 bits per heavy atom. The monoisotopic (exact) mass is 241 g/mol. The van der Waals surface area contributed by atoms with Gasteiger partial charge in [0.15, 0.2) is 0 Å². The Morgan fingerprint density at radius 2 is 2.12 bits per heavy atom. The van der Waals surface area contributed by atoms with E-state index >= 15 is 0 Å². The maximum atomic E-state index is 12.2. The van der Waals surface area contributed by atoms with Crippen molar-refractivity contribution in [3.8, 4) is 0 Å². The van der Waals surface area contributed by atoms with Crippen LogP contribution in [0.2, 0.25) is 0 Å². The lowest BCUT2D eigenvalue weighted by Crippen LogP contribution is -2.48. The minimum absolute atomic E-state index is 0.0272. The first-order valence-corrected chi connectivity index (χ1v) is 6.13. The Morgan fingerprint density at radius 3 is 2.53 bits per heavy atom. The molecule has 0 spiro atoms. The van der Waals surface area contributed by atoms with Crippen LogP contribution in [0.4, 0.5) is 0 Å². The van der Waals surface area contributed by atoms with Gasteiger partial charge in [-0.05, 0) is 33.2 Å². The van der Waals surface area contributed by atoms with Crippen LogP contribution in [0.1, 0.15) is 33.6 Å². The van der Waals surface area contributed by atoms with Crippen molar-refractivity contribution < 1.29 is 9.59 Å². The summed E-state index contributed by atoms with van der Waals surface area (Å²) in [6.07, 6.45) is 1.66. The van der Waals surface area contributed by atoms with Crippen molar-refractivity contribution in [3.63, 3.8) is 0 Å². The summed E-state index contributed by atoms with van der Waals surface area (Å²) in [5, 5.41) is 6.07. The summed E-state index contributed by atoms with van der Waals surface area (Å²) in [7, 11) is 0. The molecule has 0 radical (unpaired) electrons. The van der Waals surface area contributed by atoms with Crippen LogP contribution in [-0.4, -0.2) is 31.4 Å². The predicted octanol–water partition coefficient (Wildman–Crippen LogP) is 0.00380. The van der Waals surface area contributed by atoms with E-state index in [1.807, 2.05) is 6.92 Å². The number of carbonyl (C=O) groups is 2. The standard InChI is InChI=1S/C12H23N3O2/c1-4-12(5-6-14-8-12)10(17)15-7-11(2,3)9(13)16/h14H,4-8H2,1-3H3,(H2,13,16)(H,15,17). The molecule has 5 nitrogen and oxygen atoms in total. The molecule has 0 aromatic heterocycles. The third-order valence-corrected chi connectivity index (χ3v) is 3.76. The summed E-state index contributed by atoms with van der Waals surface area (Å²) in [5.74, 6) is -0.368. The van der Waals surface area contributed by atoms with E-state index < -0.39 is 11.3 Å². The third-order valence-electron chi connectivity index (χ3n) is 3.76. The van der Waals surface area contributed by atoms with Gasteiger partial charge in [0.05, 0.1) is 10.8 Å². The van der Waals surface area contributed by atoms with Gasteiger partial charge in [-0.15, -0.1) is 0 Å². The van der Waals surface area contributed by atoms with E-state index in [4.69, 9.17) is 5.73 Å². The molecule has 1 heterocycles. The Balaban J connectivity index is 2.57. The zero-order valence-electron chi connectivity index (χ0n) is 10.9. The van der Waals surface area contributed by atoms with Crippen molar-refractivity contribution in [2.45, 2.75) is 33.6 Å². The highest BCUT2D eigenvalue weighted by Crippen LogP contribution is 2.29. The molecule has 0 aliphatic carbocycles. The molecule has 1 atom stereocenters. The first-order valence-electron chi connectivity index (χ1n) is 6.13. The largest absolute Gasteiger partial charge is 0.369 e. The highest BCUT2D eigenvalue weighted by atomic mass is 16.2. The molecule has 98 valence electrons. The van der Waals surface area contributed by atoms with E-state index in [-0.39, 0.29) is 11.3 Å². The summed E-state index contributed by atoms with van der Waals surface area (Å²) in [6.45, 7) is 7.38. The summed E-state index contributed by atoms with van der Waals surface area (Å²) in [5.41, 5.74) is 4.26. The molecular weight excluding hydrogens is 218 g/mol. The molecule has 4 N–H and O–H groups in total. The molecular formula is C12H23N3O2. The van der Waals surface area contributed by atoms with E-state index in [1.54, 1.807) is 13.8 Å². The average Bonchev–Trinajstić information content (AvgIpc) is 2.75. The Labute approximate surface area is 103 Å². The summed E-state index contributed by atoms with van der Waals surface area (Å²) >= 11 is 0. The molecule has 1 aliphatic heterocycles. The van der Waals surface area contributed by atoms with Crippen molar-refractivity contribution in [2.75, 3.05) is 19.6 Å². The second kappa shape index (κ2) is 5.04. The minimum Gasteiger partial charge on any atom is -0.369 e. The first kappa shape index (κ1) is 14.0. The van der Waals surface area contributed by atoms with Crippen molar-refractivity contribution in [2.24, 2.45) is 16.6 Å². The van der Waals surface area contributed by atoms with Crippen LogP contribution in [0.15, 0.2) is 0 Å². The number of primary amides is 1. The molecule has 1 saturated heterocycles. The van der Waals surface area contributed by atoms with Crippen LogP contribution >= 0.6 is 0 Å². The fraction of sp³-hybridized carbons (Fsp3) is 0.833. The van der Waals surface area contributed by atoms with Gasteiger partial charge in [0.1, 0.15) is 0 Å². The van der Waals surface area contributed by atoms with Gasteiger partial charge in [0, 0.05) is 13.1 Å². The number of nitrogens with two attached hydrogens (primary N) is 1. The highest BCUT2D eigenvalue weighted by Gasteiger charge is 2.40. The van der Waals surface area contributed by atoms with Crippen molar-refractivity contribution >= 4 is 11.8 Å². The van der Waals surface area contributed by atoms with Crippen LogP contribution in [-0.2, 0) is 9.59 Å². The van der Waals surface area contributed by atoms with E-state index in [0.717, 1.165) is 19.4 Å². The maximum absolute atomic E-state index is 12.2. The first-order chi connectivity index (χ1) is 7.84. The van der Waals surface area contributed by atoms with Gasteiger partial charge in [0.2, 0.25) is 11.8 Å². The summed E-state index contributed by atoms with van der Waals surface area (Å²) in [4.78, 5) is 23.3. The van der Waals surface area contributed by atoms with Crippen molar-refractivity contribution in [1.82, 2.24) is 10.6 Å². The van der Waals surface area contributed by atoms with Gasteiger partial charge in [-0.25, -0.2) is 0 Å². The topological polar surface area (TPSA) is 84.2 Å². The molecule has 1 unspecified atom stereocenters. The lowest BCUT2D eigenvalue weighted by Gasteiger charge is -2.28. The number of amides is 2. The number of hydrogen-bond donors (Lipinski definition) is 3. The molecule has 1 aliphatic rings. The molecule has 1 rings (SSSR count). The number of carbonyl (C=O) groups excluding carboxylic acids is 2. The number of rotatable bonds is 5. The molecule has 0 aromatic carbocycles. The zero-order valence-corrected chi connectivity index (χ0v) is 10.9. The molecule has 0 bridgehead atoms. The van der Waals surface area contributed by atoms with Gasteiger partial charge < -0.3 is 16.4 Å². The Bertz CT molecular complexity index is 307. The number of nitrogens with one attached hydrogen (secondary N) is 2. The van der Waals surface area contributed by atoms with Crippen LogP contribution in [0.3, 0.4) is 0 Å². The van der Waals surface area contributed by atoms with Crippen LogP contribution in [0, 0.1) is 10.8 Å². The van der Waals surface area contributed by atoms with Gasteiger partial charge >= 0.3 is 0 Å². The fourth-order valence-electron chi connectivity index (χ4n) is 1.98. The van der Waals surface area contributed by atoms with Gasteiger partial charge in [-0.2, -0.15) is 0 Å². The van der Waals surface area contributed by atoms with Crippen molar-refractivity contribution in [1.29, 1.82) is 0 Å². The van der Waals surface area contributed by atoms with E-state index in [0.29, 0.717) is 13.1 Å². The zero-order chi connectivity index (χ0) is 13.1. The highest BCUT2D eigenvalue weighted by molar-refractivity contribution is 5.85. The lowest BCUT2D eigenvalue weighted by atomic mass is 9.82. The van der Waals surface area contributed by atoms with E-state index in [1.165, 1.54) is 0 Å². The van der Waals surface area contributed by atoms with E-state index in [9.17, 15) is 9.59 Å². The van der Waals surface area contributed by atoms with Crippen molar-refractivity contribution in [3.05, 3.63) is 0 Å². The van der Waals surface area contributed by atoms with Crippen LogP contribution in [0.5, 0.6) is 0 Å². The SMILES string of the molecule is CCC1(C(=O)NCC(C)(C)C(N)=O)CCNC1. The Hall–Kier alpha value is -1.10. The van der Waals surface area contributed by atoms with Gasteiger partial charge in [0.25, 0.3) is 0 Å². The third kappa shape index (κ3) is 2.97. The second-order valence-corrected chi connectivity index (χ2v) is 5.49. The summed E-state index contributed by atoms with van der Waals surface area (Å²) < 4.78 is 0. The minimum atomic E-state index is -0.698. The quantitative estimate of drug-likeness (QED) is 0.633. The average molecular weight is 241 g/mol. The molecule has 0 aromatic rings. The lowest BCUT2D eigenvalue weighted by molar-refractivity contribution is -0.132.